The minimum Gasteiger partial charge on any atom is -0.480 e. The monoisotopic (exact) mass is 301 g/mol. The largest absolute Gasteiger partial charge is 0.480 e. The van der Waals surface area contributed by atoms with Crippen LogP contribution >= 0.6 is 17.9 Å². The summed E-state index contributed by atoms with van der Waals surface area (Å²) in [5.41, 5.74) is 2.76. The van der Waals surface area contributed by atoms with Crippen LogP contribution in [0.25, 0.3) is 22.1 Å². The number of hydrogen-bond acceptors (Lipinski definition) is 2. The van der Waals surface area contributed by atoms with Crippen molar-refractivity contribution in [2.24, 2.45) is 0 Å². The second-order valence-electron chi connectivity index (χ2n) is 4.29. The summed E-state index contributed by atoms with van der Waals surface area (Å²) >= 11 is 0. The van der Waals surface area contributed by atoms with Gasteiger partial charge in [0.05, 0.1) is 31.8 Å². The summed E-state index contributed by atoms with van der Waals surface area (Å²) in [6, 6.07) is 15.3. The lowest BCUT2D eigenvalue weighted by atomic mass is 10.1. The molecule has 1 unspecified atom stereocenters. The average Bonchev–Trinajstić information content (AvgIpc) is 2.54. The summed E-state index contributed by atoms with van der Waals surface area (Å²) in [5.74, 6) is 0.788. The zero-order valence-corrected chi connectivity index (χ0v) is 12.5. The van der Waals surface area contributed by atoms with Gasteiger partial charge in [-0.1, -0.05) is 12.1 Å². The molecule has 3 rings (SSSR count). The molecule has 20 heavy (non-hydrogen) atoms. The molecule has 0 saturated heterocycles. The van der Waals surface area contributed by atoms with E-state index in [9.17, 15) is 4.57 Å². The SMILES string of the molecule is O=Pc1ccc2cc(-c3ccc(OP)cc3)c[o+]c2c1. The Morgan fingerprint density at radius 1 is 1.00 bits per heavy atom. The van der Waals surface area contributed by atoms with Crippen molar-refractivity contribution in [2.75, 3.05) is 0 Å². The lowest BCUT2D eigenvalue weighted by Gasteiger charge is -2.01. The van der Waals surface area contributed by atoms with Crippen LogP contribution in [0.5, 0.6) is 5.75 Å². The molecule has 3 nitrogen and oxygen atoms in total. The molecule has 0 aliphatic carbocycles. The summed E-state index contributed by atoms with van der Waals surface area (Å²) in [5, 5.41) is 1.68. The smallest absolute Gasteiger partial charge is 0.360 e. The molecule has 5 heteroatoms. The van der Waals surface area contributed by atoms with Crippen LogP contribution in [0.2, 0.25) is 0 Å². The molecule has 0 amide bonds. The third-order valence-corrected chi connectivity index (χ3v) is 3.81. The Hall–Kier alpha value is -1.82. The predicted molar refractivity (Wildman–Crippen MR) is 83.6 cm³/mol. The van der Waals surface area contributed by atoms with E-state index in [2.05, 4.69) is 9.47 Å². The third-order valence-electron chi connectivity index (χ3n) is 3.05. The Kier molecular flexibility index (Phi) is 3.73. The quantitative estimate of drug-likeness (QED) is 0.529. The van der Waals surface area contributed by atoms with Gasteiger partial charge >= 0.3 is 11.8 Å². The van der Waals surface area contributed by atoms with Gasteiger partial charge < -0.3 is 4.52 Å². The lowest BCUT2D eigenvalue weighted by molar-refractivity contribution is 0.601. The van der Waals surface area contributed by atoms with E-state index >= 15 is 0 Å². The van der Waals surface area contributed by atoms with Crippen LogP contribution in [0.3, 0.4) is 0 Å². The highest BCUT2D eigenvalue weighted by Crippen LogP contribution is 2.26. The summed E-state index contributed by atoms with van der Waals surface area (Å²) in [4.78, 5) is 0. The molecule has 0 bridgehead atoms. The van der Waals surface area contributed by atoms with E-state index < -0.39 is 0 Å². The van der Waals surface area contributed by atoms with Gasteiger partial charge in [0.25, 0.3) is 0 Å². The Bertz CT molecular complexity index is 770. The molecule has 0 aliphatic heterocycles. The normalized spacial score (nSPS) is 10.8. The van der Waals surface area contributed by atoms with Crippen LogP contribution in [0.4, 0.5) is 0 Å². The van der Waals surface area contributed by atoms with Crippen molar-refractivity contribution in [3.8, 4) is 16.9 Å². The van der Waals surface area contributed by atoms with Crippen molar-refractivity contribution in [1.82, 2.24) is 0 Å². The minimum absolute atomic E-state index is 0.000812. The van der Waals surface area contributed by atoms with Gasteiger partial charge in [0.15, 0.2) is 8.46 Å². The van der Waals surface area contributed by atoms with Crippen molar-refractivity contribution in [3.05, 3.63) is 54.8 Å². The first-order valence-electron chi connectivity index (χ1n) is 5.96. The number of hydrogen-bond donors (Lipinski definition) is 0. The number of benzene rings is 2. The Balaban J connectivity index is 2.05. The van der Waals surface area contributed by atoms with Crippen molar-refractivity contribution >= 4 is 34.2 Å². The van der Waals surface area contributed by atoms with Gasteiger partial charge in [0.2, 0.25) is 0 Å². The van der Waals surface area contributed by atoms with E-state index in [0.717, 1.165) is 27.8 Å². The van der Waals surface area contributed by atoms with Gasteiger partial charge in [-0.3, -0.25) is 4.57 Å². The molecule has 0 spiro atoms. The van der Waals surface area contributed by atoms with Gasteiger partial charge in [0.1, 0.15) is 5.75 Å². The first-order chi connectivity index (χ1) is 9.80. The zero-order valence-electron chi connectivity index (χ0n) is 10.4. The van der Waals surface area contributed by atoms with E-state index in [0.29, 0.717) is 5.30 Å². The first-order valence-corrected chi connectivity index (χ1v) is 7.25. The second-order valence-corrected chi connectivity index (χ2v) is 5.23. The average molecular weight is 301 g/mol. The fourth-order valence-corrected chi connectivity index (χ4v) is 2.47. The van der Waals surface area contributed by atoms with Crippen LogP contribution in [0.1, 0.15) is 0 Å². The Morgan fingerprint density at radius 3 is 2.50 bits per heavy atom. The van der Waals surface area contributed by atoms with Crippen LogP contribution in [-0.2, 0) is 4.57 Å². The number of rotatable bonds is 3. The van der Waals surface area contributed by atoms with E-state index in [-0.39, 0.29) is 8.46 Å². The van der Waals surface area contributed by atoms with E-state index in [4.69, 9.17) is 8.94 Å². The van der Waals surface area contributed by atoms with E-state index in [1.165, 1.54) is 0 Å². The van der Waals surface area contributed by atoms with Crippen molar-refractivity contribution in [3.63, 3.8) is 0 Å². The van der Waals surface area contributed by atoms with E-state index in [1.54, 1.807) is 12.3 Å². The first kappa shape index (κ1) is 13.2. The van der Waals surface area contributed by atoms with Gasteiger partial charge in [-0.2, -0.15) is 0 Å². The maximum Gasteiger partial charge on any atom is 0.360 e. The van der Waals surface area contributed by atoms with Gasteiger partial charge in [-0.15, -0.1) is 0 Å². The van der Waals surface area contributed by atoms with Crippen LogP contribution in [0, 0.1) is 0 Å². The summed E-state index contributed by atoms with van der Waals surface area (Å²) in [6.07, 6.45) is 1.70. The zero-order chi connectivity index (χ0) is 13.9. The summed E-state index contributed by atoms with van der Waals surface area (Å²) < 4.78 is 21.5. The molecule has 1 aromatic heterocycles. The summed E-state index contributed by atoms with van der Waals surface area (Å²) in [6.45, 7) is 0. The standard InChI is InChI=1S/C15H11O3P2/c16-20-14-6-3-11-7-12(9-17-15(11)8-14)10-1-4-13(18-19)5-2-10/h1-9H,19H2/q+1. The number of fused-ring (bicyclic) bond motifs is 1. The second kappa shape index (κ2) is 5.66. The van der Waals surface area contributed by atoms with E-state index in [1.807, 2.05) is 42.5 Å². The lowest BCUT2D eigenvalue weighted by Crippen LogP contribution is -1.89. The Morgan fingerprint density at radius 2 is 1.80 bits per heavy atom. The van der Waals surface area contributed by atoms with Crippen molar-refractivity contribution < 1.29 is 13.5 Å². The highest BCUT2D eigenvalue weighted by atomic mass is 31.1. The van der Waals surface area contributed by atoms with Gasteiger partial charge in [-0.25, -0.2) is 4.42 Å². The van der Waals surface area contributed by atoms with Crippen LogP contribution in [0.15, 0.2) is 59.2 Å². The maximum absolute atomic E-state index is 10.8. The fraction of sp³-hybridized carbons (Fsp3) is 0. The molecule has 0 fully saturated rings. The molecule has 0 aliphatic rings. The van der Waals surface area contributed by atoms with Crippen molar-refractivity contribution in [2.45, 2.75) is 0 Å². The highest BCUT2D eigenvalue weighted by molar-refractivity contribution is 7.34. The van der Waals surface area contributed by atoms with Gasteiger partial charge in [0, 0.05) is 0 Å². The molecular weight excluding hydrogens is 290 g/mol. The molecular formula is C15H11O3P2+. The molecule has 1 atom stereocenters. The maximum atomic E-state index is 10.8. The molecule has 0 radical (unpaired) electrons. The highest BCUT2D eigenvalue weighted by Gasteiger charge is 2.11. The molecule has 3 aromatic rings. The van der Waals surface area contributed by atoms with Gasteiger partial charge in [-0.05, 0) is 35.9 Å². The summed E-state index contributed by atoms with van der Waals surface area (Å²) in [7, 11) is 2.22. The molecule has 0 saturated carbocycles. The van der Waals surface area contributed by atoms with Crippen LogP contribution in [-0.4, -0.2) is 0 Å². The molecule has 2 aromatic carbocycles. The predicted octanol–water partition coefficient (Wildman–Crippen LogP) is 4.47. The minimum atomic E-state index is -0.000812. The topological polar surface area (TPSA) is 37.6 Å². The molecule has 0 N–H and O–H groups in total. The Labute approximate surface area is 120 Å². The molecule has 98 valence electrons. The molecule has 1 heterocycles. The van der Waals surface area contributed by atoms with Crippen molar-refractivity contribution in [1.29, 1.82) is 0 Å². The van der Waals surface area contributed by atoms with Crippen LogP contribution < -0.4 is 9.83 Å². The third kappa shape index (κ3) is 2.56. The fourth-order valence-electron chi connectivity index (χ4n) is 2.01.